The van der Waals surface area contributed by atoms with Gasteiger partial charge in [-0.3, -0.25) is 0 Å². The molecular formula is C10H16N4. The molecule has 2 N–H and O–H groups in total. The van der Waals surface area contributed by atoms with Crippen molar-refractivity contribution in [1.29, 1.82) is 0 Å². The molecule has 0 amide bonds. The number of piperidine rings is 1. The van der Waals surface area contributed by atoms with Crippen LogP contribution in [0, 0.1) is 5.92 Å². The lowest BCUT2D eigenvalue weighted by Gasteiger charge is -2.22. The molecule has 4 heteroatoms. The summed E-state index contributed by atoms with van der Waals surface area (Å²) in [6.07, 6.45) is 7.71. The Morgan fingerprint density at radius 2 is 2.00 bits per heavy atom. The molecule has 1 aliphatic heterocycles. The van der Waals surface area contributed by atoms with Gasteiger partial charge in [-0.15, -0.1) is 0 Å². The van der Waals surface area contributed by atoms with E-state index in [0.29, 0.717) is 0 Å². The van der Waals surface area contributed by atoms with E-state index >= 15 is 0 Å². The highest BCUT2D eigenvalue weighted by Crippen LogP contribution is 2.12. The summed E-state index contributed by atoms with van der Waals surface area (Å²) in [5, 5.41) is 6.72. The van der Waals surface area contributed by atoms with E-state index in [1.807, 2.05) is 12.4 Å². The van der Waals surface area contributed by atoms with Gasteiger partial charge in [-0.1, -0.05) is 0 Å². The van der Waals surface area contributed by atoms with Crippen LogP contribution in [0.2, 0.25) is 0 Å². The van der Waals surface area contributed by atoms with E-state index in [2.05, 4.69) is 20.6 Å². The van der Waals surface area contributed by atoms with E-state index in [1.165, 1.54) is 12.8 Å². The zero-order chi connectivity index (χ0) is 9.64. The molecule has 1 aromatic rings. The molecule has 0 radical (unpaired) electrons. The van der Waals surface area contributed by atoms with Gasteiger partial charge in [0.2, 0.25) is 0 Å². The molecule has 1 saturated heterocycles. The normalized spacial score (nSPS) is 18.0. The molecule has 76 valence electrons. The van der Waals surface area contributed by atoms with Gasteiger partial charge in [-0.2, -0.15) is 0 Å². The Hall–Kier alpha value is -1.16. The number of aromatic nitrogens is 2. The molecule has 4 nitrogen and oxygen atoms in total. The van der Waals surface area contributed by atoms with E-state index in [4.69, 9.17) is 0 Å². The number of rotatable bonds is 3. The van der Waals surface area contributed by atoms with Crippen LogP contribution in [0.1, 0.15) is 12.8 Å². The quantitative estimate of drug-likeness (QED) is 0.746. The highest BCUT2D eigenvalue weighted by Gasteiger charge is 2.12. The summed E-state index contributed by atoms with van der Waals surface area (Å²) in [7, 11) is 0. The van der Waals surface area contributed by atoms with Crippen LogP contribution in [0.15, 0.2) is 18.7 Å². The lowest BCUT2D eigenvalue weighted by molar-refractivity contribution is 0.390. The first-order valence-corrected chi connectivity index (χ1v) is 5.15. The first kappa shape index (κ1) is 9.40. The Morgan fingerprint density at radius 3 is 2.71 bits per heavy atom. The maximum absolute atomic E-state index is 3.96. The second-order valence-electron chi connectivity index (χ2n) is 3.70. The van der Waals surface area contributed by atoms with Crippen LogP contribution in [0.5, 0.6) is 0 Å². The predicted octanol–water partition coefficient (Wildman–Crippen LogP) is 0.888. The zero-order valence-electron chi connectivity index (χ0n) is 8.24. The molecule has 2 rings (SSSR count). The molecule has 14 heavy (non-hydrogen) atoms. The van der Waals surface area contributed by atoms with E-state index in [1.54, 1.807) is 6.33 Å². The summed E-state index contributed by atoms with van der Waals surface area (Å²) in [4.78, 5) is 7.92. The van der Waals surface area contributed by atoms with Gasteiger partial charge in [0.15, 0.2) is 0 Å². The molecule has 0 aliphatic carbocycles. The second kappa shape index (κ2) is 4.91. The second-order valence-corrected chi connectivity index (χ2v) is 3.70. The Labute approximate surface area is 84.2 Å². The first-order chi connectivity index (χ1) is 6.95. The summed E-state index contributed by atoms with van der Waals surface area (Å²) < 4.78 is 0. The number of hydrogen-bond acceptors (Lipinski definition) is 4. The maximum atomic E-state index is 3.96. The lowest BCUT2D eigenvalue weighted by Crippen LogP contribution is -2.31. The zero-order valence-corrected chi connectivity index (χ0v) is 8.24. The minimum atomic E-state index is 0.788. The fraction of sp³-hybridized carbons (Fsp3) is 0.600. The van der Waals surface area contributed by atoms with Gasteiger partial charge in [-0.05, 0) is 31.8 Å². The highest BCUT2D eigenvalue weighted by molar-refractivity contribution is 5.36. The molecule has 0 aromatic carbocycles. The predicted molar refractivity (Wildman–Crippen MR) is 56.1 cm³/mol. The van der Waals surface area contributed by atoms with Gasteiger partial charge in [0, 0.05) is 6.54 Å². The Bertz CT molecular complexity index is 256. The first-order valence-electron chi connectivity index (χ1n) is 5.15. The maximum Gasteiger partial charge on any atom is 0.115 e. The molecule has 0 saturated carbocycles. The summed E-state index contributed by atoms with van der Waals surface area (Å²) in [6.45, 7) is 3.34. The fourth-order valence-corrected chi connectivity index (χ4v) is 1.74. The van der Waals surface area contributed by atoms with E-state index in [-0.39, 0.29) is 0 Å². The molecule has 1 aliphatic rings. The largest absolute Gasteiger partial charge is 0.382 e. The van der Waals surface area contributed by atoms with Crippen molar-refractivity contribution < 1.29 is 0 Å². The Morgan fingerprint density at radius 1 is 1.29 bits per heavy atom. The van der Waals surface area contributed by atoms with Crippen molar-refractivity contribution in [3.05, 3.63) is 18.7 Å². The van der Waals surface area contributed by atoms with Gasteiger partial charge in [-0.25, -0.2) is 9.97 Å². The molecule has 1 aromatic heterocycles. The van der Waals surface area contributed by atoms with Crippen molar-refractivity contribution in [3.63, 3.8) is 0 Å². The third kappa shape index (κ3) is 2.67. The highest BCUT2D eigenvalue weighted by atomic mass is 14.9. The van der Waals surface area contributed by atoms with Crippen molar-refractivity contribution in [2.24, 2.45) is 5.92 Å². The van der Waals surface area contributed by atoms with Crippen molar-refractivity contribution in [1.82, 2.24) is 15.3 Å². The number of nitrogens with one attached hydrogen (secondary N) is 2. The summed E-state index contributed by atoms with van der Waals surface area (Å²) in [5.74, 6) is 0.788. The van der Waals surface area contributed by atoms with Crippen LogP contribution in [0.25, 0.3) is 0 Å². The third-order valence-electron chi connectivity index (χ3n) is 2.61. The number of anilines is 1. The topological polar surface area (TPSA) is 49.8 Å². The molecule has 1 fully saturated rings. The monoisotopic (exact) mass is 192 g/mol. The molecule has 0 spiro atoms. The van der Waals surface area contributed by atoms with Gasteiger partial charge in [0.1, 0.15) is 6.33 Å². The fourth-order valence-electron chi connectivity index (χ4n) is 1.74. The van der Waals surface area contributed by atoms with Gasteiger partial charge < -0.3 is 10.6 Å². The van der Waals surface area contributed by atoms with Gasteiger partial charge >= 0.3 is 0 Å². The van der Waals surface area contributed by atoms with Crippen molar-refractivity contribution >= 4 is 5.69 Å². The molecule has 2 heterocycles. The molecule has 0 unspecified atom stereocenters. The van der Waals surface area contributed by atoms with E-state index < -0.39 is 0 Å². The van der Waals surface area contributed by atoms with Crippen LogP contribution >= 0.6 is 0 Å². The van der Waals surface area contributed by atoms with E-state index in [0.717, 1.165) is 31.2 Å². The standard InChI is InChI=1S/C10H16N4/c1-3-11-4-2-9(1)5-14-10-6-12-8-13-7-10/h6-9,11,14H,1-5H2. The minimum absolute atomic E-state index is 0.788. The SMILES string of the molecule is c1ncc(NCC2CCNCC2)cn1. The molecule has 0 bridgehead atoms. The lowest BCUT2D eigenvalue weighted by atomic mass is 9.98. The summed E-state index contributed by atoms with van der Waals surface area (Å²) >= 11 is 0. The van der Waals surface area contributed by atoms with Crippen LogP contribution in [-0.2, 0) is 0 Å². The number of hydrogen-bond donors (Lipinski definition) is 2. The molecule has 0 atom stereocenters. The smallest absolute Gasteiger partial charge is 0.115 e. The van der Waals surface area contributed by atoms with Crippen molar-refractivity contribution in [3.8, 4) is 0 Å². The summed E-state index contributed by atoms with van der Waals surface area (Å²) in [5.41, 5.74) is 1.02. The van der Waals surface area contributed by atoms with Crippen LogP contribution in [-0.4, -0.2) is 29.6 Å². The van der Waals surface area contributed by atoms with Crippen LogP contribution in [0.3, 0.4) is 0 Å². The van der Waals surface area contributed by atoms with Crippen molar-refractivity contribution in [2.75, 3.05) is 25.0 Å². The molecular weight excluding hydrogens is 176 g/mol. The average Bonchev–Trinajstić information content (AvgIpc) is 2.29. The third-order valence-corrected chi connectivity index (χ3v) is 2.61. The minimum Gasteiger partial charge on any atom is -0.382 e. The van der Waals surface area contributed by atoms with Gasteiger partial charge in [0.25, 0.3) is 0 Å². The van der Waals surface area contributed by atoms with Crippen LogP contribution < -0.4 is 10.6 Å². The van der Waals surface area contributed by atoms with Crippen LogP contribution in [0.4, 0.5) is 5.69 Å². The van der Waals surface area contributed by atoms with Gasteiger partial charge in [0.05, 0.1) is 18.1 Å². The Kier molecular flexibility index (Phi) is 3.29. The van der Waals surface area contributed by atoms with Crippen molar-refractivity contribution in [2.45, 2.75) is 12.8 Å². The number of nitrogens with zero attached hydrogens (tertiary/aromatic N) is 2. The average molecular weight is 192 g/mol. The summed E-state index contributed by atoms with van der Waals surface area (Å²) in [6, 6.07) is 0. The Balaban J connectivity index is 1.76. The van der Waals surface area contributed by atoms with E-state index in [9.17, 15) is 0 Å².